The second-order valence-electron chi connectivity index (χ2n) is 7.12. The number of rotatable bonds is 5. The first-order valence-electron chi connectivity index (χ1n) is 9.46. The van der Waals surface area contributed by atoms with Gasteiger partial charge in [0.15, 0.2) is 5.78 Å². The van der Waals surface area contributed by atoms with Crippen molar-refractivity contribution in [3.63, 3.8) is 0 Å². The van der Waals surface area contributed by atoms with Crippen LogP contribution < -0.4 is 5.32 Å². The zero-order chi connectivity index (χ0) is 25.3. The number of alkyl halides is 6. The predicted octanol–water partition coefficient (Wildman–Crippen LogP) is 7.22. The molecule has 0 aliphatic heterocycles. The van der Waals surface area contributed by atoms with Gasteiger partial charge in [0.2, 0.25) is 0 Å². The van der Waals surface area contributed by atoms with Gasteiger partial charge in [-0.1, -0.05) is 52.3 Å². The largest absolute Gasteiger partial charge is 0.465 e. The average molecular weight is 546 g/mol. The lowest BCUT2D eigenvalue weighted by atomic mass is 9.94. The zero-order valence-electron chi connectivity index (χ0n) is 16.9. The number of carbonyl (C=O) groups excluding carboxylic acids is 1. The van der Waals surface area contributed by atoms with Crippen LogP contribution >= 0.6 is 15.9 Å². The maximum absolute atomic E-state index is 13.8. The number of hydrogen-bond donors (Lipinski definition) is 2. The van der Waals surface area contributed by atoms with Crippen molar-refractivity contribution in [1.29, 1.82) is 0 Å². The number of benzene rings is 3. The Balaban J connectivity index is 2.14. The molecule has 34 heavy (non-hydrogen) atoms. The van der Waals surface area contributed by atoms with E-state index >= 15 is 0 Å². The molecule has 2 N–H and O–H groups in total. The van der Waals surface area contributed by atoms with Crippen LogP contribution in [0.2, 0.25) is 0 Å². The van der Waals surface area contributed by atoms with Crippen molar-refractivity contribution in [1.82, 2.24) is 5.32 Å². The molecule has 3 aromatic rings. The van der Waals surface area contributed by atoms with Gasteiger partial charge in [0.25, 0.3) is 0 Å². The van der Waals surface area contributed by atoms with E-state index in [0.29, 0.717) is 23.1 Å². The second-order valence-corrected chi connectivity index (χ2v) is 8.04. The smallest absolute Gasteiger partial charge is 0.417 e. The first-order chi connectivity index (χ1) is 15.8. The molecular weight excluding hydrogens is 532 g/mol. The Labute approximate surface area is 197 Å². The van der Waals surface area contributed by atoms with Gasteiger partial charge in [-0.15, -0.1) is 0 Å². The summed E-state index contributed by atoms with van der Waals surface area (Å²) in [4.78, 5) is 23.7. The maximum Gasteiger partial charge on any atom is 0.417 e. The van der Waals surface area contributed by atoms with Gasteiger partial charge in [-0.25, -0.2) is 4.79 Å². The number of ketones is 1. The van der Waals surface area contributed by atoms with E-state index in [2.05, 4.69) is 21.2 Å². The lowest BCUT2D eigenvalue weighted by Crippen LogP contribution is -2.20. The molecule has 0 radical (unpaired) electrons. The van der Waals surface area contributed by atoms with E-state index in [1.807, 2.05) is 0 Å². The summed E-state index contributed by atoms with van der Waals surface area (Å²) in [6.07, 6.45) is -11.0. The highest BCUT2D eigenvalue weighted by atomic mass is 79.9. The Morgan fingerprint density at radius 3 is 2.18 bits per heavy atom. The first-order valence-corrected chi connectivity index (χ1v) is 10.3. The van der Waals surface area contributed by atoms with E-state index in [1.165, 1.54) is 18.2 Å². The quantitative estimate of drug-likeness (QED) is 0.202. The van der Waals surface area contributed by atoms with Crippen LogP contribution in [-0.2, 0) is 12.7 Å². The molecule has 0 atom stereocenters. The molecule has 4 nitrogen and oxygen atoms in total. The standard InChI is InChI=1S/C23H14BrF6NO3/c24-15-8-13(7-14(9-15)22(25,26)27)19(23(28,29)30)10-20(32)18-6-5-12(11-31-21(33)34)16-3-1-2-4-17(16)18/h1-10,31H,11H2,(H,33,34)/b19-10+. The minimum atomic E-state index is -5.12. The Morgan fingerprint density at radius 2 is 1.59 bits per heavy atom. The summed E-state index contributed by atoms with van der Waals surface area (Å²) in [5, 5.41) is 11.7. The van der Waals surface area contributed by atoms with Gasteiger partial charge in [0, 0.05) is 16.6 Å². The van der Waals surface area contributed by atoms with Crippen LogP contribution in [0.25, 0.3) is 16.3 Å². The van der Waals surface area contributed by atoms with E-state index < -0.39 is 40.9 Å². The normalized spacial score (nSPS) is 12.6. The number of fused-ring (bicyclic) bond motifs is 1. The van der Waals surface area contributed by atoms with Gasteiger partial charge in [-0.3, -0.25) is 4.79 Å². The van der Waals surface area contributed by atoms with Crippen LogP contribution in [0.1, 0.15) is 27.0 Å². The van der Waals surface area contributed by atoms with Crippen LogP contribution in [0, 0.1) is 0 Å². The lowest BCUT2D eigenvalue weighted by Gasteiger charge is -2.16. The van der Waals surface area contributed by atoms with E-state index in [0.717, 1.165) is 6.07 Å². The molecule has 0 aliphatic carbocycles. The van der Waals surface area contributed by atoms with Gasteiger partial charge in [-0.05, 0) is 46.2 Å². The first kappa shape index (κ1) is 25.3. The Hall–Kier alpha value is -3.34. The third-order valence-electron chi connectivity index (χ3n) is 4.83. The van der Waals surface area contributed by atoms with Crippen molar-refractivity contribution < 1.29 is 41.0 Å². The van der Waals surface area contributed by atoms with Crippen molar-refractivity contribution in [2.75, 3.05) is 0 Å². The highest BCUT2D eigenvalue weighted by molar-refractivity contribution is 9.10. The van der Waals surface area contributed by atoms with Crippen molar-refractivity contribution in [3.8, 4) is 0 Å². The minimum Gasteiger partial charge on any atom is -0.465 e. The van der Waals surface area contributed by atoms with Crippen LogP contribution in [0.15, 0.2) is 65.1 Å². The molecule has 0 heterocycles. The fourth-order valence-electron chi connectivity index (χ4n) is 3.35. The number of nitrogens with one attached hydrogen (secondary N) is 1. The Kier molecular flexibility index (Phi) is 7.06. The third kappa shape index (κ3) is 5.77. The molecule has 0 unspecified atom stereocenters. The number of halogens is 7. The molecule has 0 aromatic heterocycles. The Morgan fingerprint density at radius 1 is 0.941 bits per heavy atom. The highest BCUT2D eigenvalue weighted by Gasteiger charge is 2.38. The van der Waals surface area contributed by atoms with E-state index in [1.54, 1.807) is 18.2 Å². The molecule has 0 saturated heterocycles. The average Bonchev–Trinajstić information content (AvgIpc) is 2.73. The number of carbonyl (C=O) groups is 2. The molecule has 0 spiro atoms. The molecule has 1 amide bonds. The fourth-order valence-corrected chi connectivity index (χ4v) is 3.84. The summed E-state index contributed by atoms with van der Waals surface area (Å²) >= 11 is 2.79. The van der Waals surface area contributed by atoms with Gasteiger partial charge >= 0.3 is 18.4 Å². The fraction of sp³-hybridized carbons (Fsp3) is 0.130. The van der Waals surface area contributed by atoms with Gasteiger partial charge < -0.3 is 10.4 Å². The predicted molar refractivity (Wildman–Crippen MR) is 116 cm³/mol. The van der Waals surface area contributed by atoms with Crippen LogP contribution in [-0.4, -0.2) is 23.2 Å². The monoisotopic (exact) mass is 545 g/mol. The minimum absolute atomic E-state index is 0.105. The zero-order valence-corrected chi connectivity index (χ0v) is 18.5. The molecule has 0 aliphatic rings. The van der Waals surface area contributed by atoms with Gasteiger partial charge in [0.05, 0.1) is 11.1 Å². The molecule has 178 valence electrons. The van der Waals surface area contributed by atoms with E-state index in [4.69, 9.17) is 5.11 Å². The van der Waals surface area contributed by atoms with Gasteiger partial charge in [-0.2, -0.15) is 26.3 Å². The maximum atomic E-state index is 13.8. The lowest BCUT2D eigenvalue weighted by molar-refractivity contribution is -0.137. The second kappa shape index (κ2) is 9.49. The van der Waals surface area contributed by atoms with Crippen molar-refractivity contribution in [2.45, 2.75) is 18.9 Å². The van der Waals surface area contributed by atoms with Crippen molar-refractivity contribution >= 4 is 44.2 Å². The van der Waals surface area contributed by atoms with Crippen molar-refractivity contribution in [3.05, 3.63) is 87.4 Å². The molecule has 3 aromatic carbocycles. The van der Waals surface area contributed by atoms with E-state index in [9.17, 15) is 35.9 Å². The highest BCUT2D eigenvalue weighted by Crippen LogP contribution is 2.39. The number of hydrogen-bond acceptors (Lipinski definition) is 2. The van der Waals surface area contributed by atoms with Crippen LogP contribution in [0.4, 0.5) is 31.1 Å². The third-order valence-corrected chi connectivity index (χ3v) is 5.28. The van der Waals surface area contributed by atoms with E-state index in [-0.39, 0.29) is 28.0 Å². The summed E-state index contributed by atoms with van der Waals surface area (Å²) in [5.41, 5.74) is -3.31. The molecule has 3 rings (SSSR count). The van der Waals surface area contributed by atoms with Crippen LogP contribution in [0.3, 0.4) is 0 Å². The number of amides is 1. The molecule has 0 fully saturated rings. The number of allylic oxidation sites excluding steroid dienone is 2. The summed E-state index contributed by atoms with van der Waals surface area (Å²) < 4.78 is 80.6. The SMILES string of the molecule is O=C(O)NCc1ccc(C(=O)/C=C(\c2cc(Br)cc(C(F)(F)F)c2)C(F)(F)F)c2ccccc12. The molecule has 11 heteroatoms. The molecule has 0 bridgehead atoms. The summed E-state index contributed by atoms with van der Waals surface area (Å²) in [7, 11) is 0. The summed E-state index contributed by atoms with van der Waals surface area (Å²) in [6.45, 7) is -0.105. The van der Waals surface area contributed by atoms with Crippen LogP contribution in [0.5, 0.6) is 0 Å². The van der Waals surface area contributed by atoms with Crippen molar-refractivity contribution in [2.24, 2.45) is 0 Å². The van der Waals surface area contributed by atoms with Gasteiger partial charge in [0.1, 0.15) is 0 Å². The Bertz CT molecular complexity index is 1300. The molecule has 0 saturated carbocycles. The molecular formula is C23H14BrF6NO3. The topological polar surface area (TPSA) is 66.4 Å². The number of carboxylic acid groups (broad SMARTS) is 1. The summed E-state index contributed by atoms with van der Waals surface area (Å²) in [6, 6.07) is 10.7. The summed E-state index contributed by atoms with van der Waals surface area (Å²) in [5.74, 6) is -1.07.